The molecule has 0 spiro atoms. The second-order valence-electron chi connectivity index (χ2n) is 4.13. The van der Waals surface area contributed by atoms with Crippen molar-refractivity contribution in [3.05, 3.63) is 35.7 Å². The Kier molecular flexibility index (Phi) is 6.73. The van der Waals surface area contributed by atoms with E-state index in [1.54, 1.807) is 12.1 Å². The summed E-state index contributed by atoms with van der Waals surface area (Å²) in [6, 6.07) is 4.63. The van der Waals surface area contributed by atoms with Crippen LogP contribution in [-0.4, -0.2) is 37.4 Å². The molecule has 0 radical (unpaired) electrons. The van der Waals surface area contributed by atoms with Gasteiger partial charge < -0.3 is 14.7 Å². The van der Waals surface area contributed by atoms with Crippen molar-refractivity contribution in [1.82, 2.24) is 0 Å². The SMILES string of the molecule is CCOCCN(CC)c1c(F)cccc1/C=C/C(=O)O. The van der Waals surface area contributed by atoms with Crippen molar-refractivity contribution in [2.75, 3.05) is 31.2 Å². The molecule has 4 nitrogen and oxygen atoms in total. The van der Waals surface area contributed by atoms with E-state index in [1.807, 2.05) is 18.7 Å². The molecule has 0 bridgehead atoms. The Bertz CT molecular complexity index is 474. The van der Waals surface area contributed by atoms with Crippen molar-refractivity contribution in [1.29, 1.82) is 0 Å². The van der Waals surface area contributed by atoms with E-state index in [2.05, 4.69) is 0 Å². The molecular formula is C15H20FNO3. The predicted octanol–water partition coefficient (Wildman–Crippen LogP) is 2.79. The van der Waals surface area contributed by atoms with Crippen LogP contribution in [0.5, 0.6) is 0 Å². The first-order chi connectivity index (χ1) is 9.60. The number of hydrogen-bond donors (Lipinski definition) is 1. The van der Waals surface area contributed by atoms with Crippen LogP contribution in [0.4, 0.5) is 10.1 Å². The zero-order valence-electron chi connectivity index (χ0n) is 11.8. The van der Waals surface area contributed by atoms with Crippen molar-refractivity contribution in [3.63, 3.8) is 0 Å². The molecule has 1 N–H and O–H groups in total. The molecule has 20 heavy (non-hydrogen) atoms. The van der Waals surface area contributed by atoms with E-state index < -0.39 is 5.97 Å². The van der Waals surface area contributed by atoms with Gasteiger partial charge in [0.2, 0.25) is 0 Å². The summed E-state index contributed by atoms with van der Waals surface area (Å²) in [5.74, 6) is -1.42. The molecule has 0 aromatic heterocycles. The fourth-order valence-corrected chi connectivity index (χ4v) is 1.91. The van der Waals surface area contributed by atoms with Gasteiger partial charge in [-0.1, -0.05) is 12.1 Å². The van der Waals surface area contributed by atoms with Crippen LogP contribution in [-0.2, 0) is 9.53 Å². The van der Waals surface area contributed by atoms with Crippen molar-refractivity contribution >= 4 is 17.7 Å². The molecule has 0 aliphatic carbocycles. The van der Waals surface area contributed by atoms with E-state index in [9.17, 15) is 9.18 Å². The molecule has 1 aromatic carbocycles. The quantitative estimate of drug-likeness (QED) is 0.588. The lowest BCUT2D eigenvalue weighted by Gasteiger charge is -2.25. The topological polar surface area (TPSA) is 49.8 Å². The fourth-order valence-electron chi connectivity index (χ4n) is 1.91. The van der Waals surface area contributed by atoms with Gasteiger partial charge in [-0.25, -0.2) is 9.18 Å². The molecule has 0 heterocycles. The van der Waals surface area contributed by atoms with Gasteiger partial charge in [0.15, 0.2) is 0 Å². The standard InChI is InChI=1S/C15H20FNO3/c1-3-17(10-11-20-4-2)15-12(8-9-14(18)19)6-5-7-13(15)16/h5-9H,3-4,10-11H2,1-2H3,(H,18,19)/b9-8+. The normalized spacial score (nSPS) is 10.9. The molecule has 1 rings (SSSR count). The molecule has 0 fully saturated rings. The molecule has 0 aliphatic rings. The highest BCUT2D eigenvalue weighted by atomic mass is 19.1. The van der Waals surface area contributed by atoms with Gasteiger partial charge in [0.1, 0.15) is 5.82 Å². The predicted molar refractivity (Wildman–Crippen MR) is 77.4 cm³/mol. The zero-order chi connectivity index (χ0) is 15.0. The van der Waals surface area contributed by atoms with E-state index >= 15 is 0 Å². The Hall–Kier alpha value is -1.88. The molecule has 110 valence electrons. The number of likely N-dealkylation sites (N-methyl/N-ethyl adjacent to an activating group) is 1. The number of carboxylic acids is 1. The van der Waals surface area contributed by atoms with E-state index in [0.29, 0.717) is 37.6 Å². The molecule has 0 saturated carbocycles. The Morgan fingerprint density at radius 1 is 1.45 bits per heavy atom. The maximum absolute atomic E-state index is 14.1. The molecule has 1 aromatic rings. The summed E-state index contributed by atoms with van der Waals surface area (Å²) in [5, 5.41) is 8.69. The van der Waals surface area contributed by atoms with Gasteiger partial charge in [-0.2, -0.15) is 0 Å². The number of benzene rings is 1. The van der Waals surface area contributed by atoms with Crippen molar-refractivity contribution < 1.29 is 19.0 Å². The van der Waals surface area contributed by atoms with Crippen LogP contribution in [0.2, 0.25) is 0 Å². The first-order valence-electron chi connectivity index (χ1n) is 6.62. The van der Waals surface area contributed by atoms with Crippen molar-refractivity contribution in [3.8, 4) is 0 Å². The lowest BCUT2D eigenvalue weighted by atomic mass is 10.1. The molecule has 0 atom stereocenters. The number of aliphatic carboxylic acids is 1. The van der Waals surface area contributed by atoms with Gasteiger partial charge in [0.25, 0.3) is 0 Å². The fraction of sp³-hybridized carbons (Fsp3) is 0.400. The van der Waals surface area contributed by atoms with Gasteiger partial charge in [-0.05, 0) is 26.0 Å². The Morgan fingerprint density at radius 3 is 2.80 bits per heavy atom. The molecule has 5 heteroatoms. The van der Waals surface area contributed by atoms with Gasteiger partial charge in [0, 0.05) is 31.3 Å². The van der Waals surface area contributed by atoms with E-state index in [1.165, 1.54) is 12.1 Å². The summed E-state index contributed by atoms with van der Waals surface area (Å²) in [6.07, 6.45) is 2.42. The lowest BCUT2D eigenvalue weighted by molar-refractivity contribution is -0.131. The lowest BCUT2D eigenvalue weighted by Crippen LogP contribution is -2.28. The summed E-state index contributed by atoms with van der Waals surface area (Å²) in [4.78, 5) is 12.4. The minimum atomic E-state index is -1.06. The summed E-state index contributed by atoms with van der Waals surface area (Å²) in [5.41, 5.74) is 0.956. The van der Waals surface area contributed by atoms with Crippen LogP contribution < -0.4 is 4.90 Å². The van der Waals surface area contributed by atoms with Crippen molar-refractivity contribution in [2.24, 2.45) is 0 Å². The van der Waals surface area contributed by atoms with Crippen LogP contribution in [0.1, 0.15) is 19.4 Å². The molecule has 0 aliphatic heterocycles. The monoisotopic (exact) mass is 281 g/mol. The summed E-state index contributed by atoms with van der Waals surface area (Å²) in [7, 11) is 0. The highest BCUT2D eigenvalue weighted by Gasteiger charge is 2.13. The molecule has 0 unspecified atom stereocenters. The van der Waals surface area contributed by atoms with E-state index in [-0.39, 0.29) is 5.82 Å². The molecule has 0 amide bonds. The summed E-state index contributed by atoms with van der Waals surface area (Å²) < 4.78 is 19.3. The first kappa shape index (κ1) is 16.2. The Morgan fingerprint density at radius 2 is 2.20 bits per heavy atom. The van der Waals surface area contributed by atoms with E-state index in [4.69, 9.17) is 9.84 Å². The molecule has 0 saturated heterocycles. The van der Waals surface area contributed by atoms with Gasteiger partial charge >= 0.3 is 5.97 Å². The number of halogens is 1. The Balaban J connectivity index is 3.02. The number of carboxylic acid groups (broad SMARTS) is 1. The average molecular weight is 281 g/mol. The minimum absolute atomic E-state index is 0.365. The number of nitrogens with zero attached hydrogens (tertiary/aromatic N) is 1. The zero-order valence-corrected chi connectivity index (χ0v) is 11.8. The minimum Gasteiger partial charge on any atom is -0.478 e. The number of carbonyl (C=O) groups is 1. The van der Waals surface area contributed by atoms with Crippen molar-refractivity contribution in [2.45, 2.75) is 13.8 Å². The van der Waals surface area contributed by atoms with Crippen LogP contribution in [0.15, 0.2) is 24.3 Å². The number of ether oxygens (including phenoxy) is 1. The number of para-hydroxylation sites is 1. The van der Waals surface area contributed by atoms with Gasteiger partial charge in [-0.3, -0.25) is 0 Å². The van der Waals surface area contributed by atoms with Crippen LogP contribution >= 0.6 is 0 Å². The van der Waals surface area contributed by atoms with Gasteiger partial charge in [0.05, 0.1) is 12.3 Å². The number of rotatable bonds is 8. The highest BCUT2D eigenvalue weighted by Crippen LogP contribution is 2.25. The second kappa shape index (κ2) is 8.32. The van der Waals surface area contributed by atoms with Gasteiger partial charge in [-0.15, -0.1) is 0 Å². The maximum Gasteiger partial charge on any atom is 0.328 e. The third-order valence-corrected chi connectivity index (χ3v) is 2.83. The maximum atomic E-state index is 14.1. The smallest absolute Gasteiger partial charge is 0.328 e. The van der Waals surface area contributed by atoms with Crippen LogP contribution in [0.3, 0.4) is 0 Å². The summed E-state index contributed by atoms with van der Waals surface area (Å²) in [6.45, 7) is 6.10. The summed E-state index contributed by atoms with van der Waals surface area (Å²) >= 11 is 0. The third kappa shape index (κ3) is 4.66. The van der Waals surface area contributed by atoms with Crippen LogP contribution in [0, 0.1) is 5.82 Å². The average Bonchev–Trinajstić information content (AvgIpc) is 2.42. The molecular weight excluding hydrogens is 261 g/mol. The largest absolute Gasteiger partial charge is 0.478 e. The number of anilines is 1. The first-order valence-corrected chi connectivity index (χ1v) is 6.62. The van der Waals surface area contributed by atoms with Crippen LogP contribution in [0.25, 0.3) is 6.08 Å². The number of hydrogen-bond acceptors (Lipinski definition) is 3. The third-order valence-electron chi connectivity index (χ3n) is 2.83. The highest BCUT2D eigenvalue weighted by molar-refractivity contribution is 5.87. The second-order valence-corrected chi connectivity index (χ2v) is 4.13. The Labute approximate surface area is 118 Å². The van der Waals surface area contributed by atoms with E-state index in [0.717, 1.165) is 6.08 Å².